The molecule has 168 valence electrons. The first-order valence-corrected chi connectivity index (χ1v) is 11.3. The second-order valence-corrected chi connectivity index (χ2v) is 8.93. The molecule has 0 saturated heterocycles. The molecule has 4 rings (SSSR count). The summed E-state index contributed by atoms with van der Waals surface area (Å²) in [5.41, 5.74) is 2.71. The molecule has 2 N–H and O–H groups in total. The molecule has 2 aromatic carbocycles. The van der Waals surface area contributed by atoms with Crippen molar-refractivity contribution in [2.24, 2.45) is 0 Å². The van der Waals surface area contributed by atoms with E-state index in [9.17, 15) is 14.0 Å². The van der Waals surface area contributed by atoms with Crippen LogP contribution in [0.25, 0.3) is 0 Å². The van der Waals surface area contributed by atoms with E-state index in [1.165, 1.54) is 12.1 Å². The van der Waals surface area contributed by atoms with Gasteiger partial charge in [0, 0.05) is 6.07 Å². The number of halogens is 2. The first-order chi connectivity index (χ1) is 15.8. The number of hydrogen-bond acceptors (Lipinski definition) is 4. The third-order valence-electron chi connectivity index (χ3n) is 4.86. The maximum absolute atomic E-state index is 13.2. The fraction of sp³-hybridized carbons (Fsp3) is 0.125. The highest BCUT2D eigenvalue weighted by Gasteiger charge is 2.19. The number of carbonyl (C=O) groups is 2. The number of amides is 2. The van der Waals surface area contributed by atoms with Crippen molar-refractivity contribution in [1.82, 2.24) is 9.78 Å². The van der Waals surface area contributed by atoms with Crippen LogP contribution in [-0.4, -0.2) is 21.6 Å². The molecule has 0 aliphatic carbocycles. The Kier molecular flexibility index (Phi) is 6.57. The molecule has 2 heterocycles. The minimum absolute atomic E-state index is 0.0146. The molecule has 9 heteroatoms. The van der Waals surface area contributed by atoms with Gasteiger partial charge < -0.3 is 10.6 Å². The Labute approximate surface area is 199 Å². The molecule has 0 atom stereocenters. The molecule has 0 unspecified atom stereocenters. The van der Waals surface area contributed by atoms with Gasteiger partial charge in [0.25, 0.3) is 11.8 Å². The number of aryl methyl sites for hydroxylation is 2. The van der Waals surface area contributed by atoms with Crippen LogP contribution < -0.4 is 10.6 Å². The highest BCUT2D eigenvalue weighted by atomic mass is 35.5. The molecule has 0 aliphatic rings. The van der Waals surface area contributed by atoms with E-state index >= 15 is 0 Å². The Morgan fingerprint density at radius 1 is 1.03 bits per heavy atom. The Hall–Kier alpha value is -3.49. The largest absolute Gasteiger partial charge is 0.313 e. The summed E-state index contributed by atoms with van der Waals surface area (Å²) in [5, 5.41) is 10.6. The molecule has 0 spiro atoms. The number of aromatic nitrogens is 2. The predicted molar refractivity (Wildman–Crippen MR) is 129 cm³/mol. The zero-order valence-electron chi connectivity index (χ0n) is 17.9. The monoisotopic (exact) mass is 482 g/mol. The van der Waals surface area contributed by atoms with Crippen LogP contribution in [0, 0.1) is 19.7 Å². The fourth-order valence-corrected chi connectivity index (χ4v) is 4.53. The highest BCUT2D eigenvalue weighted by Crippen LogP contribution is 2.29. The van der Waals surface area contributed by atoms with Gasteiger partial charge in [-0.15, -0.1) is 11.3 Å². The topological polar surface area (TPSA) is 76.0 Å². The van der Waals surface area contributed by atoms with Crippen LogP contribution in [0.1, 0.15) is 36.9 Å². The van der Waals surface area contributed by atoms with E-state index in [0.29, 0.717) is 27.8 Å². The molecule has 0 bridgehead atoms. The summed E-state index contributed by atoms with van der Waals surface area (Å²) in [6.45, 7) is 4.17. The van der Waals surface area contributed by atoms with Gasteiger partial charge in [0.2, 0.25) is 0 Å². The first kappa shape index (κ1) is 22.7. The maximum Gasteiger partial charge on any atom is 0.267 e. The van der Waals surface area contributed by atoms with E-state index in [1.54, 1.807) is 17.7 Å². The van der Waals surface area contributed by atoms with E-state index in [0.717, 1.165) is 28.7 Å². The quantitative estimate of drug-likeness (QED) is 0.359. The highest BCUT2D eigenvalue weighted by molar-refractivity contribution is 7.18. The van der Waals surface area contributed by atoms with Crippen LogP contribution in [0.2, 0.25) is 5.02 Å². The van der Waals surface area contributed by atoms with Crippen LogP contribution in [0.15, 0.2) is 60.7 Å². The van der Waals surface area contributed by atoms with Gasteiger partial charge in [-0.05, 0) is 49.2 Å². The average Bonchev–Trinajstić information content (AvgIpc) is 3.29. The third-order valence-corrected chi connectivity index (χ3v) is 6.32. The lowest BCUT2D eigenvalue weighted by atomic mass is 10.2. The van der Waals surface area contributed by atoms with E-state index in [-0.39, 0.29) is 16.5 Å². The summed E-state index contributed by atoms with van der Waals surface area (Å²) < 4.78 is 15.0. The average molecular weight is 483 g/mol. The zero-order chi connectivity index (χ0) is 23.5. The van der Waals surface area contributed by atoms with Crippen molar-refractivity contribution in [3.05, 3.63) is 98.8 Å². The molecular weight excluding hydrogens is 463 g/mol. The van der Waals surface area contributed by atoms with E-state index < -0.39 is 11.7 Å². The minimum atomic E-state index is -0.524. The van der Waals surface area contributed by atoms with E-state index in [1.807, 2.05) is 43.3 Å². The number of thiophene rings is 1. The van der Waals surface area contributed by atoms with Gasteiger partial charge in [0.05, 0.1) is 32.7 Å². The molecule has 2 aromatic heterocycles. The van der Waals surface area contributed by atoms with Crippen molar-refractivity contribution in [3.8, 4) is 0 Å². The normalized spacial score (nSPS) is 10.8. The van der Waals surface area contributed by atoms with Crippen LogP contribution in [0.3, 0.4) is 0 Å². The number of rotatable bonds is 6. The smallest absolute Gasteiger partial charge is 0.267 e. The van der Waals surface area contributed by atoms with E-state index in [4.69, 9.17) is 11.6 Å². The Morgan fingerprint density at radius 2 is 1.79 bits per heavy atom. The van der Waals surface area contributed by atoms with Crippen molar-refractivity contribution in [2.45, 2.75) is 20.4 Å². The number of carbonyl (C=O) groups excluding carboxylic acids is 2. The second-order valence-electron chi connectivity index (χ2n) is 7.47. The predicted octanol–water partition coefficient (Wildman–Crippen LogP) is 5.91. The van der Waals surface area contributed by atoms with Gasteiger partial charge in [-0.1, -0.05) is 41.9 Å². The molecule has 6 nitrogen and oxygen atoms in total. The van der Waals surface area contributed by atoms with Crippen LogP contribution in [0.4, 0.5) is 15.2 Å². The van der Waals surface area contributed by atoms with Crippen molar-refractivity contribution >= 4 is 45.6 Å². The van der Waals surface area contributed by atoms with Crippen molar-refractivity contribution in [3.63, 3.8) is 0 Å². The number of hydrogen-bond donors (Lipinski definition) is 2. The lowest BCUT2D eigenvalue weighted by Crippen LogP contribution is -2.16. The summed E-state index contributed by atoms with van der Waals surface area (Å²) in [4.78, 5) is 26.0. The molecule has 0 saturated carbocycles. The minimum Gasteiger partial charge on any atom is -0.313 e. The van der Waals surface area contributed by atoms with Gasteiger partial charge in [-0.3, -0.25) is 9.59 Å². The van der Waals surface area contributed by atoms with Crippen molar-refractivity contribution < 1.29 is 14.0 Å². The van der Waals surface area contributed by atoms with Gasteiger partial charge in [0.15, 0.2) is 0 Å². The van der Waals surface area contributed by atoms with Gasteiger partial charge >= 0.3 is 0 Å². The number of nitrogens with one attached hydrogen (secondary N) is 2. The molecular formula is C24H20ClFN4O2S. The Bertz CT molecular complexity index is 1330. The molecule has 0 aliphatic heterocycles. The summed E-state index contributed by atoms with van der Waals surface area (Å²) in [6, 6.07) is 16.9. The summed E-state index contributed by atoms with van der Waals surface area (Å²) in [7, 11) is 0. The van der Waals surface area contributed by atoms with Crippen molar-refractivity contribution in [2.75, 3.05) is 10.6 Å². The molecule has 2 amide bonds. The second kappa shape index (κ2) is 9.56. The SMILES string of the molecule is Cc1cc(NC(=O)c2sc(NC(=O)c3ccc(F)cc3Cl)cc2C)n(Cc2ccccc2)n1. The van der Waals surface area contributed by atoms with Crippen LogP contribution in [0.5, 0.6) is 0 Å². The summed E-state index contributed by atoms with van der Waals surface area (Å²) in [5.74, 6) is -0.723. The Morgan fingerprint density at radius 3 is 2.52 bits per heavy atom. The van der Waals surface area contributed by atoms with Crippen LogP contribution in [-0.2, 0) is 6.54 Å². The fourth-order valence-electron chi connectivity index (χ4n) is 3.32. The molecule has 4 aromatic rings. The van der Waals surface area contributed by atoms with Gasteiger partial charge in [0.1, 0.15) is 11.6 Å². The number of nitrogens with zero attached hydrogens (tertiary/aromatic N) is 2. The maximum atomic E-state index is 13.2. The zero-order valence-corrected chi connectivity index (χ0v) is 19.4. The molecule has 0 radical (unpaired) electrons. The standard InChI is InChI=1S/C24H20ClFN4O2S/c1-14-10-21(28-23(31)18-9-8-17(26)12-19(18)25)33-22(14)24(32)27-20-11-15(2)29-30(20)13-16-6-4-3-5-7-16/h3-12H,13H2,1-2H3,(H,27,32)(H,28,31). The lowest BCUT2D eigenvalue weighted by molar-refractivity contribution is 0.101. The third kappa shape index (κ3) is 5.30. The molecule has 0 fully saturated rings. The molecule has 33 heavy (non-hydrogen) atoms. The summed E-state index contributed by atoms with van der Waals surface area (Å²) >= 11 is 7.12. The lowest BCUT2D eigenvalue weighted by Gasteiger charge is -2.09. The van der Waals surface area contributed by atoms with Crippen molar-refractivity contribution in [1.29, 1.82) is 0 Å². The van der Waals surface area contributed by atoms with E-state index in [2.05, 4.69) is 15.7 Å². The van der Waals surface area contributed by atoms with Gasteiger partial charge in [-0.2, -0.15) is 5.10 Å². The first-order valence-electron chi connectivity index (χ1n) is 10.1. The van der Waals surface area contributed by atoms with Crippen LogP contribution >= 0.6 is 22.9 Å². The Balaban J connectivity index is 1.49. The number of benzene rings is 2. The summed E-state index contributed by atoms with van der Waals surface area (Å²) in [6.07, 6.45) is 0. The van der Waals surface area contributed by atoms with Gasteiger partial charge in [-0.25, -0.2) is 9.07 Å². The number of anilines is 2.